The van der Waals surface area contributed by atoms with Gasteiger partial charge in [-0.2, -0.15) is 0 Å². The topological polar surface area (TPSA) is 61.0 Å². The fourth-order valence-corrected chi connectivity index (χ4v) is 3.14. The van der Waals surface area contributed by atoms with Gasteiger partial charge in [0, 0.05) is 20.1 Å². The molecule has 5 nitrogen and oxygen atoms in total. The molecule has 23 heavy (non-hydrogen) atoms. The predicted molar refractivity (Wildman–Crippen MR) is 104 cm³/mol. The number of hydrogen-bond acceptors (Lipinski definition) is 3. The SMILES string of the molecule is CN=C(NCC(C)(O)c1ccco1)N1CCC(CC(C)C)C1.I. The van der Waals surface area contributed by atoms with Crippen LogP contribution in [-0.2, 0) is 5.60 Å². The van der Waals surface area contributed by atoms with Gasteiger partial charge in [-0.1, -0.05) is 13.8 Å². The number of nitrogens with zero attached hydrogens (tertiary/aromatic N) is 2. The van der Waals surface area contributed by atoms with E-state index < -0.39 is 5.60 Å². The molecule has 2 N–H and O–H groups in total. The van der Waals surface area contributed by atoms with E-state index in [1.807, 2.05) is 0 Å². The second-order valence-corrected chi connectivity index (χ2v) is 6.88. The molecule has 1 aromatic heterocycles. The van der Waals surface area contributed by atoms with Crippen molar-refractivity contribution in [2.24, 2.45) is 16.8 Å². The number of nitrogens with one attached hydrogen (secondary N) is 1. The minimum Gasteiger partial charge on any atom is -0.466 e. The molecule has 0 aliphatic carbocycles. The molecule has 0 spiro atoms. The van der Waals surface area contributed by atoms with E-state index in [0.717, 1.165) is 30.9 Å². The first-order valence-corrected chi connectivity index (χ1v) is 8.14. The van der Waals surface area contributed by atoms with E-state index in [4.69, 9.17) is 4.42 Å². The second kappa shape index (κ2) is 8.92. The zero-order valence-electron chi connectivity index (χ0n) is 14.6. The van der Waals surface area contributed by atoms with E-state index in [0.29, 0.717) is 12.3 Å². The Morgan fingerprint density at radius 1 is 1.57 bits per heavy atom. The lowest BCUT2D eigenvalue weighted by Crippen LogP contribution is -2.45. The molecular weight excluding hydrogens is 405 g/mol. The Morgan fingerprint density at radius 3 is 2.87 bits per heavy atom. The molecule has 0 amide bonds. The monoisotopic (exact) mass is 435 g/mol. The van der Waals surface area contributed by atoms with E-state index in [1.165, 1.54) is 12.8 Å². The molecule has 0 aromatic carbocycles. The van der Waals surface area contributed by atoms with Crippen molar-refractivity contribution in [1.29, 1.82) is 0 Å². The molecule has 2 atom stereocenters. The summed E-state index contributed by atoms with van der Waals surface area (Å²) in [6.07, 6.45) is 4.06. The fourth-order valence-electron chi connectivity index (χ4n) is 3.14. The van der Waals surface area contributed by atoms with Crippen LogP contribution in [0.2, 0.25) is 0 Å². The highest BCUT2D eigenvalue weighted by Crippen LogP contribution is 2.24. The van der Waals surface area contributed by atoms with E-state index >= 15 is 0 Å². The van der Waals surface area contributed by atoms with Crippen LogP contribution in [0.25, 0.3) is 0 Å². The summed E-state index contributed by atoms with van der Waals surface area (Å²) in [5, 5.41) is 13.8. The van der Waals surface area contributed by atoms with Gasteiger partial charge in [0.2, 0.25) is 0 Å². The molecular formula is C17H30IN3O2. The first-order chi connectivity index (χ1) is 10.4. The number of guanidine groups is 1. The minimum absolute atomic E-state index is 0. The Balaban J connectivity index is 0.00000264. The van der Waals surface area contributed by atoms with Gasteiger partial charge in [0.1, 0.15) is 11.4 Å². The van der Waals surface area contributed by atoms with Gasteiger partial charge in [-0.25, -0.2) is 0 Å². The number of hydrogen-bond donors (Lipinski definition) is 2. The zero-order valence-corrected chi connectivity index (χ0v) is 16.9. The summed E-state index contributed by atoms with van der Waals surface area (Å²) in [6, 6.07) is 3.58. The van der Waals surface area contributed by atoms with Gasteiger partial charge in [-0.15, -0.1) is 24.0 Å². The molecule has 132 valence electrons. The van der Waals surface area contributed by atoms with E-state index in [2.05, 4.69) is 29.1 Å². The average molecular weight is 435 g/mol. The number of halogens is 1. The van der Waals surface area contributed by atoms with Crippen LogP contribution in [0.5, 0.6) is 0 Å². The van der Waals surface area contributed by atoms with Crippen LogP contribution >= 0.6 is 24.0 Å². The third-order valence-corrected chi connectivity index (χ3v) is 4.24. The number of aliphatic imine (C=N–C) groups is 1. The summed E-state index contributed by atoms with van der Waals surface area (Å²) in [7, 11) is 1.79. The van der Waals surface area contributed by atoms with Gasteiger partial charge in [-0.05, 0) is 43.7 Å². The molecule has 1 aromatic rings. The zero-order chi connectivity index (χ0) is 16.2. The van der Waals surface area contributed by atoms with Crippen LogP contribution in [0.4, 0.5) is 0 Å². The van der Waals surface area contributed by atoms with Crippen LogP contribution < -0.4 is 5.32 Å². The smallest absolute Gasteiger partial charge is 0.193 e. The maximum Gasteiger partial charge on any atom is 0.193 e. The van der Waals surface area contributed by atoms with Gasteiger partial charge >= 0.3 is 0 Å². The molecule has 0 bridgehead atoms. The van der Waals surface area contributed by atoms with Gasteiger partial charge < -0.3 is 19.7 Å². The van der Waals surface area contributed by atoms with Crippen LogP contribution in [-0.4, -0.2) is 42.6 Å². The molecule has 1 saturated heterocycles. The van der Waals surface area contributed by atoms with Crippen LogP contribution in [0.15, 0.2) is 27.8 Å². The Labute approximate surface area is 156 Å². The van der Waals surface area contributed by atoms with Crippen molar-refractivity contribution in [2.45, 2.75) is 39.2 Å². The summed E-state index contributed by atoms with van der Waals surface area (Å²) in [5.74, 6) is 2.90. The second-order valence-electron chi connectivity index (χ2n) is 6.88. The molecule has 0 saturated carbocycles. The van der Waals surface area contributed by atoms with E-state index in [9.17, 15) is 5.11 Å². The van der Waals surface area contributed by atoms with E-state index in [1.54, 1.807) is 32.4 Å². The number of likely N-dealkylation sites (tertiary alicyclic amines) is 1. The number of rotatable bonds is 5. The summed E-state index contributed by atoms with van der Waals surface area (Å²) in [4.78, 5) is 6.64. The quantitative estimate of drug-likeness (QED) is 0.424. The van der Waals surface area contributed by atoms with Gasteiger partial charge in [0.05, 0.1) is 12.8 Å². The highest BCUT2D eigenvalue weighted by molar-refractivity contribution is 14.0. The van der Waals surface area contributed by atoms with Crippen molar-refractivity contribution in [3.05, 3.63) is 24.2 Å². The lowest BCUT2D eigenvalue weighted by Gasteiger charge is -2.26. The molecule has 2 heterocycles. The molecule has 1 aliphatic rings. The average Bonchev–Trinajstić information content (AvgIpc) is 3.10. The molecule has 1 aliphatic heterocycles. The van der Waals surface area contributed by atoms with Crippen molar-refractivity contribution in [1.82, 2.24) is 10.2 Å². The summed E-state index contributed by atoms with van der Waals surface area (Å²) < 4.78 is 5.31. The van der Waals surface area contributed by atoms with Crippen LogP contribution in [0.1, 0.15) is 39.4 Å². The van der Waals surface area contributed by atoms with Crippen LogP contribution in [0, 0.1) is 11.8 Å². The first kappa shape index (κ1) is 20.3. The van der Waals surface area contributed by atoms with Crippen molar-refractivity contribution in [2.75, 3.05) is 26.7 Å². The van der Waals surface area contributed by atoms with Gasteiger partial charge in [0.25, 0.3) is 0 Å². The molecule has 6 heteroatoms. The van der Waals surface area contributed by atoms with Crippen molar-refractivity contribution in [3.8, 4) is 0 Å². The lowest BCUT2D eigenvalue weighted by molar-refractivity contribution is 0.0381. The van der Waals surface area contributed by atoms with Crippen molar-refractivity contribution >= 4 is 29.9 Å². The molecule has 2 rings (SSSR count). The fraction of sp³-hybridized carbons (Fsp3) is 0.706. The Morgan fingerprint density at radius 2 is 2.30 bits per heavy atom. The van der Waals surface area contributed by atoms with Gasteiger partial charge in [0.15, 0.2) is 5.96 Å². The summed E-state index contributed by atoms with van der Waals surface area (Å²) in [6.45, 7) is 8.74. The van der Waals surface area contributed by atoms with Crippen molar-refractivity contribution < 1.29 is 9.52 Å². The number of aliphatic hydroxyl groups is 1. The number of furan rings is 1. The highest BCUT2D eigenvalue weighted by Gasteiger charge is 2.29. The van der Waals surface area contributed by atoms with E-state index in [-0.39, 0.29) is 24.0 Å². The lowest BCUT2D eigenvalue weighted by atomic mass is 9.97. The minimum atomic E-state index is -1.05. The maximum atomic E-state index is 10.5. The predicted octanol–water partition coefficient (Wildman–Crippen LogP) is 3.05. The Bertz CT molecular complexity index is 486. The normalized spacial score (nSPS) is 21.2. The molecule has 0 radical (unpaired) electrons. The van der Waals surface area contributed by atoms with Crippen molar-refractivity contribution in [3.63, 3.8) is 0 Å². The first-order valence-electron chi connectivity index (χ1n) is 8.14. The Hall–Kier alpha value is -0.760. The van der Waals surface area contributed by atoms with Crippen LogP contribution in [0.3, 0.4) is 0 Å². The third-order valence-electron chi connectivity index (χ3n) is 4.24. The Kier molecular flexibility index (Phi) is 7.86. The largest absolute Gasteiger partial charge is 0.466 e. The highest BCUT2D eigenvalue weighted by atomic mass is 127. The summed E-state index contributed by atoms with van der Waals surface area (Å²) in [5.41, 5.74) is -1.05. The molecule has 2 unspecified atom stereocenters. The maximum absolute atomic E-state index is 10.5. The van der Waals surface area contributed by atoms with Gasteiger partial charge in [-0.3, -0.25) is 4.99 Å². The summed E-state index contributed by atoms with van der Waals surface area (Å²) >= 11 is 0. The molecule has 1 fully saturated rings. The standard InChI is InChI=1S/C17H29N3O2.HI/c1-13(2)10-14-7-8-20(11-14)16(18-4)19-12-17(3,21)15-6-5-9-22-15;/h5-6,9,13-14,21H,7-8,10-12H2,1-4H3,(H,18,19);1H. The third kappa shape index (κ3) is 5.67.